The molecule has 0 unspecified atom stereocenters. The van der Waals surface area contributed by atoms with Crippen LogP contribution in [0.15, 0.2) is 18.2 Å². The lowest BCUT2D eigenvalue weighted by atomic mass is 10.1. The number of hydrogen-bond acceptors (Lipinski definition) is 4. The minimum Gasteiger partial charge on any atom is -0.392 e. The van der Waals surface area contributed by atoms with Crippen molar-refractivity contribution in [3.05, 3.63) is 29.3 Å². The van der Waals surface area contributed by atoms with Gasteiger partial charge in [0.2, 0.25) is 0 Å². The van der Waals surface area contributed by atoms with Gasteiger partial charge in [-0.3, -0.25) is 0 Å². The highest BCUT2D eigenvalue weighted by Crippen LogP contribution is 2.23. The van der Waals surface area contributed by atoms with Gasteiger partial charge in [-0.1, -0.05) is 17.7 Å². The van der Waals surface area contributed by atoms with Gasteiger partial charge in [0.1, 0.15) is 0 Å². The molecule has 1 heterocycles. The predicted octanol–water partition coefficient (Wildman–Crippen LogP) is 1.11. The summed E-state index contributed by atoms with van der Waals surface area (Å²) in [4.78, 5) is 2.07. The van der Waals surface area contributed by atoms with Gasteiger partial charge in [-0.25, -0.2) is 8.42 Å². The Hall–Kier alpha value is -1.07. The highest BCUT2D eigenvalue weighted by atomic mass is 32.2. The molecule has 4 nitrogen and oxygen atoms in total. The molecule has 0 spiro atoms. The maximum absolute atomic E-state index is 11.6. The van der Waals surface area contributed by atoms with Crippen molar-refractivity contribution >= 4 is 15.5 Å². The van der Waals surface area contributed by atoms with Crippen molar-refractivity contribution in [1.29, 1.82) is 0 Å². The second-order valence-electron chi connectivity index (χ2n) is 4.78. The molecule has 2 rings (SSSR count). The first-order chi connectivity index (χ1) is 8.52. The summed E-state index contributed by atoms with van der Waals surface area (Å²) in [5.74, 6) is 0.468. The van der Waals surface area contributed by atoms with Crippen LogP contribution >= 0.6 is 0 Å². The van der Waals surface area contributed by atoms with E-state index in [1.807, 2.05) is 25.1 Å². The SMILES string of the molecule is Cc1ccc(N2CCCS(=O)(=O)CC2)c(CO)c1. The zero-order valence-electron chi connectivity index (χ0n) is 10.6. The van der Waals surface area contributed by atoms with Crippen molar-refractivity contribution in [2.75, 3.05) is 29.5 Å². The second kappa shape index (κ2) is 5.28. The number of aliphatic hydroxyl groups excluding tert-OH is 1. The third-order valence-electron chi connectivity index (χ3n) is 3.30. The second-order valence-corrected chi connectivity index (χ2v) is 7.09. The van der Waals surface area contributed by atoms with Crippen LogP contribution in [-0.2, 0) is 16.4 Å². The van der Waals surface area contributed by atoms with Gasteiger partial charge in [-0.05, 0) is 19.4 Å². The minimum absolute atomic E-state index is 0.0136. The van der Waals surface area contributed by atoms with Crippen LogP contribution in [0.1, 0.15) is 17.5 Å². The number of rotatable bonds is 2. The molecule has 0 atom stereocenters. The third kappa shape index (κ3) is 3.03. The lowest BCUT2D eigenvalue weighted by Gasteiger charge is -2.24. The summed E-state index contributed by atoms with van der Waals surface area (Å²) in [7, 11) is -2.89. The molecule has 0 saturated carbocycles. The lowest BCUT2D eigenvalue weighted by Crippen LogP contribution is -2.27. The molecular formula is C13H19NO3S. The highest BCUT2D eigenvalue weighted by Gasteiger charge is 2.20. The molecule has 18 heavy (non-hydrogen) atoms. The van der Waals surface area contributed by atoms with E-state index in [1.54, 1.807) is 0 Å². The maximum Gasteiger partial charge on any atom is 0.152 e. The van der Waals surface area contributed by atoms with Gasteiger partial charge in [-0.15, -0.1) is 0 Å². The van der Waals surface area contributed by atoms with Gasteiger partial charge in [0, 0.05) is 24.3 Å². The first kappa shape index (κ1) is 13.4. The van der Waals surface area contributed by atoms with Crippen LogP contribution in [0.4, 0.5) is 5.69 Å². The summed E-state index contributed by atoms with van der Waals surface area (Å²) in [5.41, 5.74) is 2.93. The number of anilines is 1. The first-order valence-corrected chi connectivity index (χ1v) is 8.00. The van der Waals surface area contributed by atoms with E-state index in [0.29, 0.717) is 13.0 Å². The highest BCUT2D eigenvalue weighted by molar-refractivity contribution is 7.91. The Morgan fingerprint density at radius 2 is 2.06 bits per heavy atom. The van der Waals surface area contributed by atoms with Crippen molar-refractivity contribution in [2.24, 2.45) is 0 Å². The summed E-state index contributed by atoms with van der Waals surface area (Å²) in [6.07, 6.45) is 0.654. The minimum atomic E-state index is -2.89. The van der Waals surface area contributed by atoms with E-state index < -0.39 is 9.84 Å². The van der Waals surface area contributed by atoms with Crippen LogP contribution in [0, 0.1) is 6.92 Å². The molecule has 1 fully saturated rings. The number of hydrogen-bond donors (Lipinski definition) is 1. The van der Waals surface area contributed by atoms with Crippen molar-refractivity contribution in [2.45, 2.75) is 20.0 Å². The largest absolute Gasteiger partial charge is 0.392 e. The molecular weight excluding hydrogens is 250 g/mol. The third-order valence-corrected chi connectivity index (χ3v) is 5.02. The fourth-order valence-electron chi connectivity index (χ4n) is 2.33. The van der Waals surface area contributed by atoms with E-state index in [-0.39, 0.29) is 18.1 Å². The smallest absolute Gasteiger partial charge is 0.152 e. The number of benzene rings is 1. The Balaban J connectivity index is 2.26. The van der Waals surface area contributed by atoms with E-state index in [0.717, 1.165) is 23.4 Å². The van der Waals surface area contributed by atoms with Crippen LogP contribution in [0.5, 0.6) is 0 Å². The quantitative estimate of drug-likeness (QED) is 0.874. The zero-order valence-corrected chi connectivity index (χ0v) is 11.4. The molecule has 0 bridgehead atoms. The van der Waals surface area contributed by atoms with Crippen molar-refractivity contribution in [3.8, 4) is 0 Å². The van der Waals surface area contributed by atoms with Gasteiger partial charge < -0.3 is 10.0 Å². The Bertz CT molecular complexity index is 525. The molecule has 0 radical (unpaired) electrons. The van der Waals surface area contributed by atoms with Gasteiger partial charge >= 0.3 is 0 Å². The first-order valence-electron chi connectivity index (χ1n) is 6.17. The molecule has 1 aliphatic heterocycles. The fourth-order valence-corrected chi connectivity index (χ4v) is 3.60. The van der Waals surface area contributed by atoms with E-state index in [1.165, 1.54) is 0 Å². The number of aryl methyl sites for hydroxylation is 1. The molecule has 1 aromatic rings. The molecule has 0 aliphatic carbocycles. The van der Waals surface area contributed by atoms with E-state index in [2.05, 4.69) is 4.90 Å². The zero-order chi connectivity index (χ0) is 13.2. The fraction of sp³-hybridized carbons (Fsp3) is 0.538. The average molecular weight is 269 g/mol. The van der Waals surface area contributed by atoms with Crippen LogP contribution < -0.4 is 4.90 Å². The van der Waals surface area contributed by atoms with Crippen LogP contribution in [0.25, 0.3) is 0 Å². The van der Waals surface area contributed by atoms with Gasteiger partial charge in [0.05, 0.1) is 18.1 Å². The van der Waals surface area contributed by atoms with Crippen molar-refractivity contribution < 1.29 is 13.5 Å². The Kier molecular flexibility index (Phi) is 3.92. The van der Waals surface area contributed by atoms with Crippen LogP contribution in [-0.4, -0.2) is 38.1 Å². The molecule has 1 aromatic carbocycles. The van der Waals surface area contributed by atoms with Crippen molar-refractivity contribution in [1.82, 2.24) is 0 Å². The van der Waals surface area contributed by atoms with Gasteiger partial charge in [-0.2, -0.15) is 0 Å². The molecule has 0 aromatic heterocycles. The Morgan fingerprint density at radius 3 is 2.78 bits per heavy atom. The lowest BCUT2D eigenvalue weighted by molar-refractivity contribution is 0.282. The number of nitrogens with zero attached hydrogens (tertiary/aromatic N) is 1. The molecule has 1 saturated heterocycles. The van der Waals surface area contributed by atoms with E-state index >= 15 is 0 Å². The number of aliphatic hydroxyl groups is 1. The monoisotopic (exact) mass is 269 g/mol. The summed E-state index contributed by atoms with van der Waals surface area (Å²) in [5, 5.41) is 9.40. The molecule has 0 amide bonds. The van der Waals surface area contributed by atoms with Crippen molar-refractivity contribution in [3.63, 3.8) is 0 Å². The maximum atomic E-state index is 11.6. The molecule has 1 aliphatic rings. The summed E-state index contributed by atoms with van der Waals surface area (Å²) in [6, 6.07) is 5.92. The summed E-state index contributed by atoms with van der Waals surface area (Å²) in [6.45, 7) is 3.21. The van der Waals surface area contributed by atoms with Crippen LogP contribution in [0.3, 0.4) is 0 Å². The standard InChI is InChI=1S/C13H19NO3S/c1-11-3-4-13(12(9-11)10-15)14-5-2-7-18(16,17)8-6-14/h3-4,9,15H,2,5-8,10H2,1H3. The normalized spacial score (nSPS) is 19.6. The van der Waals surface area contributed by atoms with Gasteiger partial charge in [0.25, 0.3) is 0 Å². The van der Waals surface area contributed by atoms with Gasteiger partial charge in [0.15, 0.2) is 9.84 Å². The van der Waals surface area contributed by atoms with E-state index in [9.17, 15) is 13.5 Å². The topological polar surface area (TPSA) is 57.6 Å². The average Bonchev–Trinajstić information content (AvgIpc) is 2.50. The summed E-state index contributed by atoms with van der Waals surface area (Å²) < 4.78 is 23.2. The Morgan fingerprint density at radius 1 is 1.28 bits per heavy atom. The summed E-state index contributed by atoms with van der Waals surface area (Å²) >= 11 is 0. The molecule has 1 N–H and O–H groups in total. The van der Waals surface area contributed by atoms with E-state index in [4.69, 9.17) is 0 Å². The Labute approximate surface area is 108 Å². The van der Waals surface area contributed by atoms with Crippen LogP contribution in [0.2, 0.25) is 0 Å². The molecule has 5 heteroatoms. The predicted molar refractivity (Wildman–Crippen MR) is 72.6 cm³/mol. The number of sulfone groups is 1. The molecule has 100 valence electrons.